The highest BCUT2D eigenvalue weighted by molar-refractivity contribution is 5.76. The van der Waals surface area contributed by atoms with E-state index in [1.54, 1.807) is 13.8 Å². The van der Waals surface area contributed by atoms with Gasteiger partial charge in [-0.3, -0.25) is 33.6 Å². The van der Waals surface area contributed by atoms with Crippen molar-refractivity contribution < 1.29 is 66.7 Å². The maximum atomic E-state index is 11.8. The van der Waals surface area contributed by atoms with Crippen LogP contribution in [0.25, 0.3) is 0 Å². The van der Waals surface area contributed by atoms with Crippen LogP contribution < -0.4 is 0 Å². The van der Waals surface area contributed by atoms with E-state index in [2.05, 4.69) is 19.1 Å². The zero-order valence-electron chi connectivity index (χ0n) is 60.1. The van der Waals surface area contributed by atoms with E-state index >= 15 is 0 Å². The number of rotatable bonds is 27. The van der Waals surface area contributed by atoms with Crippen LogP contribution in [0.1, 0.15) is 177 Å². The molecule has 0 spiro atoms. The summed E-state index contributed by atoms with van der Waals surface area (Å²) in [6, 6.07) is 70.0. The van der Waals surface area contributed by atoms with Gasteiger partial charge < -0.3 is 33.2 Å². The Balaban J connectivity index is 0.000000301. The van der Waals surface area contributed by atoms with E-state index in [4.69, 9.17) is 33.2 Å². The quantitative estimate of drug-likeness (QED) is 0.0350. The van der Waals surface area contributed by atoms with E-state index in [0.29, 0.717) is 58.9 Å². The van der Waals surface area contributed by atoms with Gasteiger partial charge in [-0.25, -0.2) is 0 Å². The van der Waals surface area contributed by atoms with Crippen molar-refractivity contribution in [2.75, 3.05) is 39.6 Å². The first kappa shape index (κ1) is 84.1. The van der Waals surface area contributed by atoms with Crippen molar-refractivity contribution in [3.8, 4) is 0 Å². The van der Waals surface area contributed by atoms with Crippen LogP contribution in [0.2, 0.25) is 0 Å². The number of benzene rings is 7. The standard InChI is InChI=1S/C15H20O2.2C13H18O2.C12H14O2.2C11H14O2.C10H12O2/c16-15(14-9-5-2-6-10-14)17-12-11-13-7-3-1-4-8-13;1-13(2,3)12(14)15-10-9-11-7-5-4-6-8-11;1-2-3-9-13(14)15-11-10-12-7-5-4-6-8-12;13-12(11-6-7-11)14-9-8-10-4-2-1-3-5-10;1-3-11(12)13-9(2)10-7-5-4-6-8-10;1-2-11(12)13-9-8-10-6-4-3-5-7-10;1-9(11)12-8-7-10-5-3-2-4-6-10/h1,3-4,7-8,14H,2,5-6,9-12H2;4-8H,9-10H2,1-3H3;4-8H,2-3,9-11H2,1H3;1-5,11H,6-9H2;4-9H,3H2,1-2H3;3-7H,2,8-9H2,1H3;2-6H,7-8H2,1H3. The Bertz CT molecular complexity index is 3220. The number of ether oxygens (including phenoxy) is 7. The van der Waals surface area contributed by atoms with Gasteiger partial charge in [-0.15, -0.1) is 0 Å². The van der Waals surface area contributed by atoms with E-state index < -0.39 is 5.41 Å². The first-order valence-corrected chi connectivity index (χ1v) is 35.3. The first-order chi connectivity index (χ1) is 47.9. The fourth-order valence-corrected chi connectivity index (χ4v) is 9.22. The predicted molar refractivity (Wildman–Crippen MR) is 392 cm³/mol. The van der Waals surface area contributed by atoms with E-state index in [-0.39, 0.29) is 59.7 Å². The summed E-state index contributed by atoms with van der Waals surface area (Å²) in [6.07, 6.45) is 15.8. The van der Waals surface area contributed by atoms with Crippen molar-refractivity contribution in [1.29, 1.82) is 0 Å². The molecule has 0 aliphatic heterocycles. The lowest BCUT2D eigenvalue weighted by Gasteiger charge is -2.19. The lowest BCUT2D eigenvalue weighted by Crippen LogP contribution is -2.23. The number of hydrogen-bond acceptors (Lipinski definition) is 14. The highest BCUT2D eigenvalue weighted by Crippen LogP contribution is 2.30. The molecule has 1 atom stereocenters. The Morgan fingerprint density at radius 3 is 0.990 bits per heavy atom. The van der Waals surface area contributed by atoms with Gasteiger partial charge in [0.1, 0.15) is 6.10 Å². The van der Waals surface area contributed by atoms with Crippen LogP contribution in [0.4, 0.5) is 0 Å². The molecule has 14 nitrogen and oxygen atoms in total. The SMILES string of the molecule is CC(=O)OCCc1ccccc1.CC(C)(C)C(=O)OCCc1ccccc1.CCC(=O)OC(C)c1ccccc1.CCC(=O)OCCc1ccccc1.CCCCC(=O)OCCc1ccccc1.O=C(OCCc1ccccc1)C1CC1.O=C(OCCc1ccccc1)C1CCCCC1. The van der Waals surface area contributed by atoms with Gasteiger partial charge in [0.15, 0.2) is 0 Å². The normalized spacial score (nSPS) is 12.2. The summed E-state index contributed by atoms with van der Waals surface area (Å²) in [5.41, 5.74) is 7.87. The van der Waals surface area contributed by atoms with E-state index in [9.17, 15) is 33.6 Å². The topological polar surface area (TPSA) is 184 Å². The molecule has 99 heavy (non-hydrogen) atoms. The van der Waals surface area contributed by atoms with Crippen LogP contribution in [-0.4, -0.2) is 81.4 Å². The van der Waals surface area contributed by atoms with Gasteiger partial charge in [-0.2, -0.15) is 0 Å². The van der Waals surface area contributed by atoms with Crippen molar-refractivity contribution in [3.63, 3.8) is 0 Å². The van der Waals surface area contributed by atoms with Crippen molar-refractivity contribution in [2.24, 2.45) is 17.3 Å². The molecule has 0 heterocycles. The average molecular weight is 1360 g/mol. The third-order valence-corrected chi connectivity index (χ3v) is 15.3. The molecule has 2 fully saturated rings. The smallest absolute Gasteiger partial charge is 0.311 e. The summed E-state index contributed by atoms with van der Waals surface area (Å²) >= 11 is 0. The van der Waals surface area contributed by atoms with Crippen LogP contribution in [0.5, 0.6) is 0 Å². The van der Waals surface area contributed by atoms with Crippen molar-refractivity contribution in [3.05, 3.63) is 251 Å². The van der Waals surface area contributed by atoms with Gasteiger partial charge in [-0.1, -0.05) is 259 Å². The third-order valence-electron chi connectivity index (χ3n) is 15.3. The first-order valence-electron chi connectivity index (χ1n) is 35.3. The Morgan fingerprint density at radius 1 is 0.374 bits per heavy atom. The van der Waals surface area contributed by atoms with Gasteiger partial charge in [0.05, 0.1) is 56.9 Å². The zero-order chi connectivity index (χ0) is 72.0. The Morgan fingerprint density at radius 2 is 0.677 bits per heavy atom. The lowest BCUT2D eigenvalue weighted by molar-refractivity contribution is -0.153. The van der Waals surface area contributed by atoms with Crippen LogP contribution in [0.15, 0.2) is 212 Å². The molecule has 0 radical (unpaired) electrons. The monoisotopic (exact) mass is 1350 g/mol. The maximum Gasteiger partial charge on any atom is 0.311 e. The Kier molecular flexibility index (Phi) is 44.9. The molecule has 0 N–H and O–H groups in total. The van der Waals surface area contributed by atoms with Gasteiger partial charge in [0.2, 0.25) is 0 Å². The van der Waals surface area contributed by atoms with Crippen LogP contribution in [0.3, 0.4) is 0 Å². The molecule has 2 aliphatic carbocycles. The minimum Gasteiger partial charge on any atom is -0.466 e. The number of carbonyl (C=O) groups is 7. The second kappa shape index (κ2) is 52.9. The molecule has 7 aromatic carbocycles. The third kappa shape index (κ3) is 43.7. The summed E-state index contributed by atoms with van der Waals surface area (Å²) in [5, 5.41) is 0. The van der Waals surface area contributed by atoms with Crippen LogP contribution in [0, 0.1) is 17.3 Å². The van der Waals surface area contributed by atoms with Crippen molar-refractivity contribution in [2.45, 2.75) is 177 Å². The Hall–Kier alpha value is -9.17. The van der Waals surface area contributed by atoms with Crippen LogP contribution in [-0.2, 0) is 105 Å². The van der Waals surface area contributed by atoms with E-state index in [0.717, 1.165) is 82.6 Å². The average Bonchev–Trinajstić information content (AvgIpc) is 2.00. The summed E-state index contributed by atoms with van der Waals surface area (Å²) in [5.74, 6) is -0.337. The van der Waals surface area contributed by atoms with Crippen molar-refractivity contribution in [1.82, 2.24) is 0 Å². The largest absolute Gasteiger partial charge is 0.466 e. The molecule has 14 heteroatoms. The summed E-state index contributed by atoms with van der Waals surface area (Å²) in [7, 11) is 0. The number of hydrogen-bond donors (Lipinski definition) is 0. The highest BCUT2D eigenvalue weighted by Gasteiger charge is 2.31. The highest BCUT2D eigenvalue weighted by atomic mass is 16.6. The second-order valence-corrected chi connectivity index (χ2v) is 24.9. The molecule has 0 saturated heterocycles. The van der Waals surface area contributed by atoms with Gasteiger partial charge in [0, 0.05) is 64.7 Å². The Labute approximate surface area is 590 Å². The number of unbranched alkanes of at least 4 members (excludes halogenated alkanes) is 1. The van der Waals surface area contributed by atoms with E-state index in [1.165, 1.54) is 59.6 Å². The minimum absolute atomic E-state index is 0.0130. The van der Waals surface area contributed by atoms with Gasteiger partial charge in [0.25, 0.3) is 0 Å². The lowest BCUT2D eigenvalue weighted by atomic mass is 9.89. The van der Waals surface area contributed by atoms with Crippen molar-refractivity contribution >= 4 is 41.8 Å². The predicted octanol–water partition coefficient (Wildman–Crippen LogP) is 18.0. The summed E-state index contributed by atoms with van der Waals surface area (Å²) in [6.45, 7) is 17.5. The summed E-state index contributed by atoms with van der Waals surface area (Å²) in [4.78, 5) is 77.7. The zero-order valence-corrected chi connectivity index (χ0v) is 60.1. The summed E-state index contributed by atoms with van der Waals surface area (Å²) < 4.78 is 35.7. The molecule has 0 bridgehead atoms. The molecule has 534 valence electrons. The maximum absolute atomic E-state index is 11.8. The second-order valence-electron chi connectivity index (χ2n) is 24.9. The fraction of sp³-hybridized carbons (Fsp3) is 0.424. The van der Waals surface area contributed by atoms with Crippen LogP contribution >= 0.6 is 0 Å². The van der Waals surface area contributed by atoms with Gasteiger partial charge in [-0.05, 0) is 98.7 Å². The minimum atomic E-state index is -0.406. The molecular weight excluding hydrogens is 1240 g/mol. The molecule has 1 unspecified atom stereocenters. The molecule has 2 aliphatic rings. The molecule has 0 aromatic heterocycles. The molecule has 9 rings (SSSR count). The van der Waals surface area contributed by atoms with Gasteiger partial charge >= 0.3 is 41.8 Å². The molecule has 7 aromatic rings. The number of carbonyl (C=O) groups excluding carboxylic acids is 7. The molecule has 0 amide bonds. The fourth-order valence-electron chi connectivity index (χ4n) is 9.22. The van der Waals surface area contributed by atoms with E-state index in [1.807, 2.05) is 228 Å². The molecular formula is C85H110O14. The number of esters is 7. The molecule has 2 saturated carbocycles.